The highest BCUT2D eigenvalue weighted by Gasteiger charge is 2.14. The second-order valence-corrected chi connectivity index (χ2v) is 6.47. The molecule has 2 atom stereocenters. The van der Waals surface area contributed by atoms with E-state index in [1.807, 2.05) is 7.11 Å². The third-order valence-electron chi connectivity index (χ3n) is 4.46. The van der Waals surface area contributed by atoms with Gasteiger partial charge in [0.2, 0.25) is 0 Å². The molecule has 2 heteroatoms. The van der Waals surface area contributed by atoms with Crippen LogP contribution in [-0.2, 0) is 4.74 Å². The van der Waals surface area contributed by atoms with Gasteiger partial charge in [-0.3, -0.25) is 0 Å². The molecule has 0 aromatic heterocycles. The van der Waals surface area contributed by atoms with Crippen LogP contribution < -0.4 is 5.32 Å². The van der Waals surface area contributed by atoms with Crippen LogP contribution in [0.4, 0.5) is 0 Å². The molecule has 0 saturated carbocycles. The summed E-state index contributed by atoms with van der Waals surface area (Å²) in [6, 6.07) is 0.531. The Labute approximate surface area is 134 Å². The molecule has 0 spiro atoms. The molecule has 0 saturated heterocycles. The number of ether oxygens (including phenoxy) is 1. The largest absolute Gasteiger partial charge is 0.380 e. The first kappa shape index (κ1) is 20.9. The molecule has 0 amide bonds. The minimum Gasteiger partial charge on any atom is -0.380 e. The summed E-state index contributed by atoms with van der Waals surface area (Å²) in [5.41, 5.74) is 0. The van der Waals surface area contributed by atoms with Crippen molar-refractivity contribution in [1.82, 2.24) is 5.32 Å². The first-order valence-electron chi connectivity index (χ1n) is 9.52. The summed E-state index contributed by atoms with van der Waals surface area (Å²) in [4.78, 5) is 0. The van der Waals surface area contributed by atoms with Gasteiger partial charge >= 0.3 is 0 Å². The van der Waals surface area contributed by atoms with Crippen LogP contribution in [0.2, 0.25) is 0 Å². The fourth-order valence-corrected chi connectivity index (χ4v) is 2.85. The molecule has 0 fully saturated rings. The number of hydrogen-bond donors (Lipinski definition) is 1. The van der Waals surface area contributed by atoms with E-state index in [0.717, 1.165) is 6.54 Å². The maximum absolute atomic E-state index is 5.49. The second kappa shape index (κ2) is 16.3. The van der Waals surface area contributed by atoms with E-state index < -0.39 is 0 Å². The van der Waals surface area contributed by atoms with Crippen LogP contribution in [-0.4, -0.2) is 25.8 Å². The van der Waals surface area contributed by atoms with Crippen molar-refractivity contribution in [3.05, 3.63) is 0 Å². The summed E-state index contributed by atoms with van der Waals surface area (Å²) in [6.45, 7) is 7.80. The zero-order chi connectivity index (χ0) is 15.8. The molecule has 0 aliphatic carbocycles. The van der Waals surface area contributed by atoms with Crippen LogP contribution in [0.25, 0.3) is 0 Å². The molecule has 0 aliphatic heterocycles. The van der Waals surface area contributed by atoms with Gasteiger partial charge in [-0.15, -0.1) is 0 Å². The quantitative estimate of drug-likeness (QED) is 0.369. The summed E-state index contributed by atoms with van der Waals surface area (Å²) in [5, 5.41) is 3.63. The Kier molecular flexibility index (Phi) is 16.2. The average molecular weight is 300 g/mol. The van der Waals surface area contributed by atoms with Gasteiger partial charge in [0.25, 0.3) is 0 Å². The molecule has 0 radical (unpaired) electrons. The maximum atomic E-state index is 5.49. The van der Waals surface area contributed by atoms with Crippen molar-refractivity contribution in [2.24, 2.45) is 0 Å². The van der Waals surface area contributed by atoms with Gasteiger partial charge in [0, 0.05) is 13.2 Å². The fourth-order valence-electron chi connectivity index (χ4n) is 2.85. The van der Waals surface area contributed by atoms with E-state index in [9.17, 15) is 0 Å². The van der Waals surface area contributed by atoms with Crippen LogP contribution in [0.5, 0.6) is 0 Å². The van der Waals surface area contributed by atoms with Crippen LogP contribution in [0.1, 0.15) is 97.8 Å². The van der Waals surface area contributed by atoms with Gasteiger partial charge in [-0.2, -0.15) is 0 Å². The van der Waals surface area contributed by atoms with Crippen molar-refractivity contribution in [2.45, 2.75) is 110 Å². The molecule has 21 heavy (non-hydrogen) atoms. The van der Waals surface area contributed by atoms with Crippen molar-refractivity contribution in [2.75, 3.05) is 13.7 Å². The predicted octanol–water partition coefficient (Wildman–Crippen LogP) is 5.70. The number of rotatable bonds is 16. The maximum Gasteiger partial charge on any atom is 0.0696 e. The minimum absolute atomic E-state index is 0.329. The monoisotopic (exact) mass is 299 g/mol. The van der Waals surface area contributed by atoms with Gasteiger partial charge in [-0.1, -0.05) is 78.1 Å². The zero-order valence-corrected chi connectivity index (χ0v) is 15.3. The lowest BCUT2D eigenvalue weighted by atomic mass is 10.0. The molecule has 2 nitrogen and oxygen atoms in total. The van der Waals surface area contributed by atoms with E-state index in [-0.39, 0.29) is 0 Å². The minimum atomic E-state index is 0.329. The first-order chi connectivity index (χ1) is 10.3. The Bertz CT molecular complexity index is 196. The third-order valence-corrected chi connectivity index (χ3v) is 4.46. The van der Waals surface area contributed by atoms with Crippen LogP contribution in [0.3, 0.4) is 0 Å². The first-order valence-corrected chi connectivity index (χ1v) is 9.52. The molecule has 0 aliphatic rings. The number of nitrogens with one attached hydrogen (secondary N) is 1. The summed E-state index contributed by atoms with van der Waals surface area (Å²) < 4.78 is 5.49. The molecule has 128 valence electrons. The molecule has 0 heterocycles. The average Bonchev–Trinajstić information content (AvgIpc) is 2.51. The molecule has 0 bridgehead atoms. The Morgan fingerprint density at radius 1 is 0.762 bits per heavy atom. The fraction of sp³-hybridized carbons (Fsp3) is 1.00. The Morgan fingerprint density at radius 2 is 1.29 bits per heavy atom. The van der Waals surface area contributed by atoms with E-state index in [1.54, 1.807) is 0 Å². The summed E-state index contributed by atoms with van der Waals surface area (Å²) in [7, 11) is 1.82. The van der Waals surface area contributed by atoms with Crippen molar-refractivity contribution in [3.63, 3.8) is 0 Å². The van der Waals surface area contributed by atoms with E-state index in [0.29, 0.717) is 12.1 Å². The van der Waals surface area contributed by atoms with Gasteiger partial charge in [-0.25, -0.2) is 0 Å². The zero-order valence-electron chi connectivity index (χ0n) is 15.3. The van der Waals surface area contributed by atoms with Crippen LogP contribution in [0.15, 0.2) is 0 Å². The molecule has 0 rings (SSSR count). The van der Waals surface area contributed by atoms with Crippen molar-refractivity contribution in [1.29, 1.82) is 0 Å². The lowest BCUT2D eigenvalue weighted by Crippen LogP contribution is -2.39. The van der Waals surface area contributed by atoms with Gasteiger partial charge < -0.3 is 10.1 Å². The molecule has 0 aromatic rings. The summed E-state index contributed by atoms with van der Waals surface area (Å²) in [6.07, 6.45) is 16.9. The molecule has 2 unspecified atom stereocenters. The lowest BCUT2D eigenvalue weighted by Gasteiger charge is -2.24. The van der Waals surface area contributed by atoms with E-state index >= 15 is 0 Å². The second-order valence-electron chi connectivity index (χ2n) is 6.47. The molecule has 1 N–H and O–H groups in total. The lowest BCUT2D eigenvalue weighted by molar-refractivity contribution is 0.0791. The number of methoxy groups -OCH3 is 1. The Morgan fingerprint density at radius 3 is 1.76 bits per heavy atom. The van der Waals surface area contributed by atoms with Gasteiger partial charge in [0.1, 0.15) is 0 Å². The van der Waals surface area contributed by atoms with Crippen LogP contribution >= 0.6 is 0 Å². The van der Waals surface area contributed by atoms with Crippen LogP contribution in [0, 0.1) is 0 Å². The van der Waals surface area contributed by atoms with Gasteiger partial charge in [0.05, 0.1) is 6.10 Å². The normalized spacial score (nSPS) is 14.3. The Balaban J connectivity index is 3.44. The van der Waals surface area contributed by atoms with E-state index in [4.69, 9.17) is 4.74 Å². The van der Waals surface area contributed by atoms with E-state index in [1.165, 1.54) is 77.0 Å². The highest BCUT2D eigenvalue weighted by molar-refractivity contribution is 4.73. The third kappa shape index (κ3) is 13.3. The highest BCUT2D eigenvalue weighted by Crippen LogP contribution is 2.13. The molecular formula is C19H41NO. The smallest absolute Gasteiger partial charge is 0.0696 e. The van der Waals surface area contributed by atoms with Gasteiger partial charge in [0.15, 0.2) is 0 Å². The number of unbranched alkanes of at least 4 members (excludes halogenated alkanes) is 9. The van der Waals surface area contributed by atoms with Crippen molar-refractivity contribution < 1.29 is 4.74 Å². The number of hydrogen-bond acceptors (Lipinski definition) is 2. The standard InChI is InChI=1S/C19H41NO/c1-5-7-8-9-10-11-12-13-14-15-16-19(18(3)21-4)20-17-6-2/h18-20H,5-17H2,1-4H3. The van der Waals surface area contributed by atoms with Crippen molar-refractivity contribution >= 4 is 0 Å². The summed E-state index contributed by atoms with van der Waals surface area (Å²) in [5.74, 6) is 0. The predicted molar refractivity (Wildman–Crippen MR) is 95.0 cm³/mol. The van der Waals surface area contributed by atoms with Gasteiger partial charge in [-0.05, 0) is 26.3 Å². The molecule has 0 aromatic carbocycles. The topological polar surface area (TPSA) is 21.3 Å². The van der Waals surface area contributed by atoms with Crippen molar-refractivity contribution in [3.8, 4) is 0 Å². The van der Waals surface area contributed by atoms with E-state index in [2.05, 4.69) is 26.1 Å². The summed E-state index contributed by atoms with van der Waals surface area (Å²) >= 11 is 0. The SMILES string of the molecule is CCCCCCCCCCCCC(NCCC)C(C)OC. The molecular weight excluding hydrogens is 258 g/mol. The Hall–Kier alpha value is -0.0800. The highest BCUT2D eigenvalue weighted by atomic mass is 16.5.